The summed E-state index contributed by atoms with van der Waals surface area (Å²) >= 11 is 3.53. The molecule has 7 heteroatoms. The first-order valence-electron chi connectivity index (χ1n) is 11.0. The third kappa shape index (κ3) is 4.54. The lowest BCUT2D eigenvalue weighted by Crippen LogP contribution is -2.35. The summed E-state index contributed by atoms with van der Waals surface area (Å²) in [7, 11) is 0. The number of hydrogen-bond acceptors (Lipinski definition) is 5. The number of nitrogens with zero attached hydrogens (tertiary/aromatic N) is 4. The van der Waals surface area contributed by atoms with Gasteiger partial charge in [0.1, 0.15) is 11.6 Å². The van der Waals surface area contributed by atoms with Crippen molar-refractivity contribution >= 4 is 33.5 Å². The van der Waals surface area contributed by atoms with Crippen molar-refractivity contribution < 1.29 is 0 Å². The number of anilines is 3. The third-order valence-electron chi connectivity index (χ3n) is 5.86. The minimum absolute atomic E-state index is 0.00624. The molecule has 6 nitrogen and oxygen atoms in total. The minimum Gasteiger partial charge on any atom is -0.348 e. The van der Waals surface area contributed by atoms with E-state index < -0.39 is 0 Å². The fourth-order valence-corrected chi connectivity index (χ4v) is 4.60. The molecule has 1 atom stereocenters. The van der Waals surface area contributed by atoms with Crippen molar-refractivity contribution in [3.63, 3.8) is 0 Å². The SMILES string of the molecule is C[C@@H](Nc1nccc(N2CCCn3c2cc(-c2ccccc2)cc3=O)n1)c1cccc(Br)c1. The molecule has 1 aliphatic rings. The van der Waals surface area contributed by atoms with Crippen molar-refractivity contribution in [3.05, 3.63) is 99.4 Å². The van der Waals surface area contributed by atoms with Gasteiger partial charge in [-0.2, -0.15) is 4.98 Å². The van der Waals surface area contributed by atoms with Gasteiger partial charge in [-0.25, -0.2) is 4.98 Å². The van der Waals surface area contributed by atoms with Crippen LogP contribution in [-0.4, -0.2) is 21.1 Å². The Balaban J connectivity index is 1.48. The van der Waals surface area contributed by atoms with Gasteiger partial charge in [-0.3, -0.25) is 9.36 Å². The zero-order valence-corrected chi connectivity index (χ0v) is 19.9. The summed E-state index contributed by atoms with van der Waals surface area (Å²) in [5.41, 5.74) is 3.08. The molecule has 4 aromatic rings. The Hall–Kier alpha value is -3.45. The normalized spacial score (nSPS) is 13.9. The van der Waals surface area contributed by atoms with Crippen molar-refractivity contribution in [3.8, 4) is 11.1 Å². The molecule has 0 radical (unpaired) electrons. The highest BCUT2D eigenvalue weighted by Crippen LogP contribution is 2.31. The van der Waals surface area contributed by atoms with Crippen LogP contribution in [0.4, 0.5) is 17.6 Å². The standard InChI is InChI=1S/C26H24BrN5O/c1-18(20-9-5-10-22(27)15-20)29-26-28-12-11-23(30-26)31-13-6-14-32-24(31)16-21(17-25(32)33)19-7-3-2-4-8-19/h2-5,7-12,15-18H,6,13-14H2,1H3,(H,28,29,30)/t18-/m1/s1. The van der Waals surface area contributed by atoms with Gasteiger partial charge in [-0.1, -0.05) is 58.4 Å². The summed E-state index contributed by atoms with van der Waals surface area (Å²) < 4.78 is 2.86. The van der Waals surface area contributed by atoms with E-state index in [-0.39, 0.29) is 11.6 Å². The molecule has 2 aromatic heterocycles. The number of hydrogen-bond donors (Lipinski definition) is 1. The van der Waals surface area contributed by atoms with Crippen LogP contribution in [0.2, 0.25) is 0 Å². The van der Waals surface area contributed by atoms with Crippen LogP contribution in [0.25, 0.3) is 11.1 Å². The van der Waals surface area contributed by atoms with Crippen molar-refractivity contribution in [2.24, 2.45) is 0 Å². The van der Waals surface area contributed by atoms with Gasteiger partial charge in [0.05, 0.1) is 6.04 Å². The molecule has 0 saturated heterocycles. The molecule has 0 amide bonds. The van der Waals surface area contributed by atoms with E-state index in [1.54, 1.807) is 12.3 Å². The predicted octanol–water partition coefficient (Wildman–Crippen LogP) is 5.78. The molecule has 0 spiro atoms. The Kier molecular flexibility index (Phi) is 5.96. The second-order valence-electron chi connectivity index (χ2n) is 8.12. The molecule has 0 bridgehead atoms. The number of pyridine rings is 1. The maximum Gasteiger partial charge on any atom is 0.252 e. The number of aromatic nitrogens is 3. The van der Waals surface area contributed by atoms with E-state index in [1.807, 2.05) is 53.1 Å². The Morgan fingerprint density at radius 3 is 2.64 bits per heavy atom. The zero-order chi connectivity index (χ0) is 22.8. The highest BCUT2D eigenvalue weighted by atomic mass is 79.9. The first-order chi connectivity index (χ1) is 16.1. The largest absolute Gasteiger partial charge is 0.348 e. The van der Waals surface area contributed by atoms with E-state index in [2.05, 4.69) is 56.3 Å². The zero-order valence-electron chi connectivity index (χ0n) is 18.3. The van der Waals surface area contributed by atoms with E-state index >= 15 is 0 Å². The van der Waals surface area contributed by atoms with Gasteiger partial charge < -0.3 is 10.2 Å². The van der Waals surface area contributed by atoms with Gasteiger partial charge in [-0.05, 0) is 54.3 Å². The number of benzene rings is 2. The maximum absolute atomic E-state index is 12.9. The molecule has 0 aliphatic carbocycles. The van der Waals surface area contributed by atoms with Crippen molar-refractivity contribution in [2.45, 2.75) is 25.9 Å². The maximum atomic E-state index is 12.9. The summed E-state index contributed by atoms with van der Waals surface area (Å²) in [5, 5.41) is 3.40. The molecule has 0 unspecified atom stereocenters. The monoisotopic (exact) mass is 501 g/mol. The van der Waals surface area contributed by atoms with E-state index in [1.165, 1.54) is 0 Å². The molecule has 2 aromatic carbocycles. The third-order valence-corrected chi connectivity index (χ3v) is 6.36. The summed E-state index contributed by atoms with van der Waals surface area (Å²) in [5.74, 6) is 2.18. The van der Waals surface area contributed by atoms with Gasteiger partial charge in [0.25, 0.3) is 5.56 Å². The van der Waals surface area contributed by atoms with Crippen molar-refractivity contribution in [1.82, 2.24) is 14.5 Å². The van der Waals surface area contributed by atoms with E-state index in [0.29, 0.717) is 12.5 Å². The Bertz CT molecular complexity index is 1340. The molecule has 1 aliphatic heterocycles. The van der Waals surface area contributed by atoms with Crippen LogP contribution in [-0.2, 0) is 6.54 Å². The quantitative estimate of drug-likeness (QED) is 0.375. The highest BCUT2D eigenvalue weighted by molar-refractivity contribution is 9.10. The topological polar surface area (TPSA) is 63.1 Å². The Morgan fingerprint density at radius 1 is 0.970 bits per heavy atom. The molecule has 1 N–H and O–H groups in total. The number of nitrogens with one attached hydrogen (secondary N) is 1. The molecule has 166 valence electrons. The van der Waals surface area contributed by atoms with E-state index in [4.69, 9.17) is 4.98 Å². The molecule has 5 rings (SSSR count). The number of rotatable bonds is 5. The summed E-state index contributed by atoms with van der Waals surface area (Å²) in [4.78, 5) is 24.2. The van der Waals surface area contributed by atoms with Crippen molar-refractivity contribution in [2.75, 3.05) is 16.8 Å². The average Bonchev–Trinajstić information content (AvgIpc) is 2.84. The van der Waals surface area contributed by atoms with Gasteiger partial charge >= 0.3 is 0 Å². The first kappa shape index (κ1) is 21.4. The van der Waals surface area contributed by atoms with Crippen LogP contribution in [0.15, 0.2) is 88.3 Å². The molecular weight excluding hydrogens is 478 g/mol. The Morgan fingerprint density at radius 2 is 1.82 bits per heavy atom. The van der Waals surface area contributed by atoms with E-state index in [9.17, 15) is 4.79 Å². The lowest BCUT2D eigenvalue weighted by molar-refractivity contribution is 0.574. The number of fused-ring (bicyclic) bond motifs is 1. The smallest absolute Gasteiger partial charge is 0.252 e. The van der Waals surface area contributed by atoms with Gasteiger partial charge in [0.15, 0.2) is 0 Å². The molecular formula is C26H24BrN5O. The lowest BCUT2D eigenvalue weighted by atomic mass is 10.1. The van der Waals surface area contributed by atoms with Crippen LogP contribution < -0.4 is 15.8 Å². The summed E-state index contributed by atoms with van der Waals surface area (Å²) in [6.45, 7) is 3.57. The summed E-state index contributed by atoms with van der Waals surface area (Å²) in [6.07, 6.45) is 2.63. The molecule has 3 heterocycles. The second kappa shape index (κ2) is 9.19. The molecule has 33 heavy (non-hydrogen) atoms. The highest BCUT2D eigenvalue weighted by Gasteiger charge is 2.22. The minimum atomic E-state index is 0.00624. The predicted molar refractivity (Wildman–Crippen MR) is 136 cm³/mol. The molecule has 0 saturated carbocycles. The van der Waals surface area contributed by atoms with Crippen LogP contribution in [0.3, 0.4) is 0 Å². The van der Waals surface area contributed by atoms with Crippen LogP contribution in [0.5, 0.6) is 0 Å². The van der Waals surface area contributed by atoms with Gasteiger partial charge in [-0.15, -0.1) is 0 Å². The fraction of sp³-hybridized carbons (Fsp3) is 0.192. The van der Waals surface area contributed by atoms with Crippen LogP contribution in [0, 0.1) is 0 Å². The van der Waals surface area contributed by atoms with Gasteiger partial charge in [0.2, 0.25) is 5.95 Å². The Labute approximate surface area is 201 Å². The van der Waals surface area contributed by atoms with Crippen LogP contribution >= 0.6 is 15.9 Å². The van der Waals surface area contributed by atoms with Gasteiger partial charge in [0, 0.05) is 29.8 Å². The second-order valence-corrected chi connectivity index (χ2v) is 9.04. The average molecular weight is 502 g/mol. The number of halogens is 1. The fourth-order valence-electron chi connectivity index (χ4n) is 4.18. The lowest BCUT2D eigenvalue weighted by Gasteiger charge is -2.31. The van der Waals surface area contributed by atoms with Crippen molar-refractivity contribution in [1.29, 1.82) is 0 Å². The van der Waals surface area contributed by atoms with Crippen LogP contribution in [0.1, 0.15) is 24.9 Å². The molecule has 0 fully saturated rings. The summed E-state index contributed by atoms with van der Waals surface area (Å²) in [6, 6.07) is 23.9. The van der Waals surface area contributed by atoms with E-state index in [0.717, 1.165) is 45.8 Å². The first-order valence-corrected chi connectivity index (χ1v) is 11.8.